The highest BCUT2D eigenvalue weighted by Crippen LogP contribution is 2.13. The molecular formula is C20H35N5O2S. The van der Waals surface area contributed by atoms with Crippen molar-refractivity contribution in [2.24, 2.45) is 4.99 Å². The molecule has 0 saturated carbocycles. The molecule has 0 aliphatic carbocycles. The van der Waals surface area contributed by atoms with E-state index in [1.54, 1.807) is 14.0 Å². The van der Waals surface area contributed by atoms with Gasteiger partial charge in [-0.15, -0.1) is 0 Å². The van der Waals surface area contributed by atoms with Crippen molar-refractivity contribution in [3.8, 4) is 0 Å². The summed E-state index contributed by atoms with van der Waals surface area (Å²) in [6.45, 7) is 6.88. The van der Waals surface area contributed by atoms with Gasteiger partial charge < -0.3 is 10.6 Å². The summed E-state index contributed by atoms with van der Waals surface area (Å²) < 4.78 is 25.3. The van der Waals surface area contributed by atoms with Gasteiger partial charge >= 0.3 is 0 Å². The molecule has 1 aliphatic rings. The minimum atomic E-state index is -3.11. The zero-order valence-electron chi connectivity index (χ0n) is 17.2. The molecule has 0 radical (unpaired) electrons. The van der Waals surface area contributed by atoms with E-state index in [0.29, 0.717) is 26.1 Å². The second kappa shape index (κ2) is 12.0. The van der Waals surface area contributed by atoms with Crippen molar-refractivity contribution in [2.45, 2.75) is 45.7 Å². The first-order valence-corrected chi connectivity index (χ1v) is 11.9. The lowest BCUT2D eigenvalue weighted by atomic mass is 10.1. The third kappa shape index (κ3) is 8.58. The second-order valence-electron chi connectivity index (χ2n) is 7.16. The van der Waals surface area contributed by atoms with E-state index in [4.69, 9.17) is 0 Å². The fourth-order valence-electron chi connectivity index (χ4n) is 3.17. The quantitative estimate of drug-likeness (QED) is 0.311. The van der Waals surface area contributed by atoms with Gasteiger partial charge in [0.1, 0.15) is 0 Å². The molecule has 0 spiro atoms. The van der Waals surface area contributed by atoms with E-state index >= 15 is 0 Å². The van der Waals surface area contributed by atoms with E-state index in [9.17, 15) is 8.42 Å². The molecule has 0 atom stereocenters. The summed E-state index contributed by atoms with van der Waals surface area (Å²) in [5.41, 5.74) is 2.57. The number of sulfonamides is 1. The van der Waals surface area contributed by atoms with E-state index in [2.05, 4.69) is 49.5 Å². The van der Waals surface area contributed by atoms with Crippen LogP contribution in [0.5, 0.6) is 0 Å². The summed E-state index contributed by atoms with van der Waals surface area (Å²) in [4.78, 5) is 6.74. The monoisotopic (exact) mass is 409 g/mol. The Bertz CT molecular complexity index is 698. The van der Waals surface area contributed by atoms with Crippen LogP contribution in [0, 0.1) is 0 Å². The van der Waals surface area contributed by atoms with Crippen molar-refractivity contribution < 1.29 is 8.42 Å². The number of aliphatic imine (C=N–C) groups is 1. The molecule has 1 aromatic rings. The summed E-state index contributed by atoms with van der Waals surface area (Å²) in [5.74, 6) is 0.830. The van der Waals surface area contributed by atoms with Gasteiger partial charge in [-0.3, -0.25) is 9.89 Å². The predicted molar refractivity (Wildman–Crippen MR) is 116 cm³/mol. The molecule has 1 aromatic carbocycles. The summed E-state index contributed by atoms with van der Waals surface area (Å²) in [6.07, 6.45) is 4.70. The summed E-state index contributed by atoms with van der Waals surface area (Å²) in [7, 11) is -1.38. The lowest BCUT2D eigenvalue weighted by molar-refractivity contribution is 0.221. The molecule has 7 nitrogen and oxygen atoms in total. The van der Waals surface area contributed by atoms with Crippen LogP contribution >= 0.6 is 0 Å². The number of hydrogen-bond donors (Lipinski definition) is 3. The molecule has 0 unspecified atom stereocenters. The highest BCUT2D eigenvalue weighted by molar-refractivity contribution is 7.89. The van der Waals surface area contributed by atoms with Gasteiger partial charge in [0.15, 0.2) is 5.96 Å². The van der Waals surface area contributed by atoms with Crippen LogP contribution in [-0.4, -0.2) is 58.3 Å². The fraction of sp³-hybridized carbons (Fsp3) is 0.650. The van der Waals surface area contributed by atoms with Crippen molar-refractivity contribution in [1.82, 2.24) is 20.3 Å². The number of piperidine rings is 1. The minimum Gasteiger partial charge on any atom is -0.356 e. The zero-order valence-corrected chi connectivity index (χ0v) is 18.0. The number of rotatable bonds is 10. The molecule has 1 heterocycles. The smallest absolute Gasteiger partial charge is 0.211 e. The van der Waals surface area contributed by atoms with E-state index in [-0.39, 0.29) is 5.75 Å². The Kier molecular flexibility index (Phi) is 9.73. The Morgan fingerprint density at radius 3 is 2.36 bits per heavy atom. The van der Waals surface area contributed by atoms with Gasteiger partial charge in [-0.1, -0.05) is 30.7 Å². The molecule has 1 saturated heterocycles. The molecule has 0 amide bonds. The maximum Gasteiger partial charge on any atom is 0.211 e. The number of likely N-dealkylation sites (tertiary alicyclic amines) is 1. The third-order valence-corrected chi connectivity index (χ3v) is 6.31. The van der Waals surface area contributed by atoms with Crippen LogP contribution in [0.3, 0.4) is 0 Å². The molecule has 3 N–H and O–H groups in total. The molecule has 1 aliphatic heterocycles. The summed E-state index contributed by atoms with van der Waals surface area (Å²) in [6, 6.07) is 8.75. The summed E-state index contributed by atoms with van der Waals surface area (Å²) >= 11 is 0. The topological polar surface area (TPSA) is 85.8 Å². The molecule has 8 heteroatoms. The lowest BCUT2D eigenvalue weighted by Gasteiger charge is -2.26. The molecule has 0 aromatic heterocycles. The molecule has 158 valence electrons. The SMILES string of the molecule is CCS(=O)(=O)NCCCNC(=NC)NCc1ccc(CN2CCCCC2)cc1. The van der Waals surface area contributed by atoms with Crippen LogP contribution < -0.4 is 15.4 Å². The Labute approximate surface area is 170 Å². The van der Waals surface area contributed by atoms with E-state index in [1.807, 2.05) is 0 Å². The van der Waals surface area contributed by atoms with Crippen LogP contribution in [0.25, 0.3) is 0 Å². The number of nitrogens with zero attached hydrogens (tertiary/aromatic N) is 2. The Balaban J connectivity index is 1.66. The number of hydrogen-bond acceptors (Lipinski definition) is 4. The third-order valence-electron chi connectivity index (χ3n) is 4.91. The first-order chi connectivity index (χ1) is 13.5. The van der Waals surface area contributed by atoms with Gasteiger partial charge in [-0.2, -0.15) is 0 Å². The maximum absolute atomic E-state index is 11.4. The summed E-state index contributed by atoms with van der Waals surface area (Å²) in [5, 5.41) is 6.50. The number of guanidine groups is 1. The Hall–Kier alpha value is -1.64. The van der Waals surface area contributed by atoms with Gasteiger partial charge in [0, 0.05) is 33.2 Å². The molecule has 28 heavy (non-hydrogen) atoms. The van der Waals surface area contributed by atoms with E-state index < -0.39 is 10.0 Å². The molecular weight excluding hydrogens is 374 g/mol. The molecule has 2 rings (SSSR count). The van der Waals surface area contributed by atoms with Crippen molar-refractivity contribution >= 4 is 16.0 Å². The fourth-order valence-corrected chi connectivity index (χ4v) is 3.83. The average molecular weight is 410 g/mol. The molecule has 0 bridgehead atoms. The van der Waals surface area contributed by atoms with Gasteiger partial charge in [-0.25, -0.2) is 13.1 Å². The van der Waals surface area contributed by atoms with Gasteiger partial charge in [0.25, 0.3) is 0 Å². The Morgan fingerprint density at radius 1 is 1.04 bits per heavy atom. The van der Waals surface area contributed by atoms with Crippen molar-refractivity contribution in [1.29, 1.82) is 0 Å². The van der Waals surface area contributed by atoms with Crippen molar-refractivity contribution in [3.05, 3.63) is 35.4 Å². The van der Waals surface area contributed by atoms with Gasteiger partial charge in [-0.05, 0) is 50.4 Å². The highest BCUT2D eigenvalue weighted by Gasteiger charge is 2.10. The van der Waals surface area contributed by atoms with E-state index in [1.165, 1.54) is 43.5 Å². The highest BCUT2D eigenvalue weighted by atomic mass is 32.2. The predicted octanol–water partition coefficient (Wildman–Crippen LogP) is 1.67. The van der Waals surface area contributed by atoms with Crippen LogP contribution in [-0.2, 0) is 23.1 Å². The standard InChI is InChI=1S/C20H35N5O2S/c1-3-28(26,27)24-13-7-12-22-20(21-2)23-16-18-8-10-19(11-9-18)17-25-14-5-4-6-15-25/h8-11,24H,3-7,12-17H2,1-2H3,(H2,21,22,23). The zero-order chi connectivity index (χ0) is 20.2. The second-order valence-corrected chi connectivity index (χ2v) is 9.25. The average Bonchev–Trinajstić information content (AvgIpc) is 2.72. The minimum absolute atomic E-state index is 0.112. The number of benzene rings is 1. The van der Waals surface area contributed by atoms with Crippen molar-refractivity contribution in [2.75, 3.05) is 39.0 Å². The van der Waals surface area contributed by atoms with Crippen LogP contribution in [0.1, 0.15) is 43.7 Å². The van der Waals surface area contributed by atoms with Crippen LogP contribution in [0.4, 0.5) is 0 Å². The van der Waals surface area contributed by atoms with Crippen LogP contribution in [0.15, 0.2) is 29.3 Å². The maximum atomic E-state index is 11.4. The number of nitrogens with one attached hydrogen (secondary N) is 3. The van der Waals surface area contributed by atoms with Crippen molar-refractivity contribution in [3.63, 3.8) is 0 Å². The van der Waals surface area contributed by atoms with Crippen LogP contribution in [0.2, 0.25) is 0 Å². The van der Waals surface area contributed by atoms with E-state index in [0.717, 1.165) is 12.5 Å². The van der Waals surface area contributed by atoms with Gasteiger partial charge in [0.2, 0.25) is 10.0 Å². The first kappa shape index (κ1) is 22.6. The normalized spacial score (nSPS) is 16.1. The van der Waals surface area contributed by atoms with Gasteiger partial charge in [0.05, 0.1) is 5.75 Å². The lowest BCUT2D eigenvalue weighted by Crippen LogP contribution is -2.38. The Morgan fingerprint density at radius 2 is 1.71 bits per heavy atom. The molecule has 1 fully saturated rings. The first-order valence-electron chi connectivity index (χ1n) is 10.2. The largest absolute Gasteiger partial charge is 0.356 e.